The molecule has 0 saturated carbocycles. The van der Waals surface area contributed by atoms with Crippen molar-refractivity contribution in [3.8, 4) is 11.1 Å². The Kier molecular flexibility index (Phi) is 6.16. The standard InChI is InChI=1S/C23H26ClN7O/c24-17-5-3-16(4-6-17)19-14-27-22(25)29-21(19)20-2-1-9-31(20)15-18-7-8-26-23(28-18)30-10-12-32-13-11-30/h3-8,14,20H,1-2,9-13,15H2,(H2,25,27,29)/t20-/m0/s1. The van der Waals surface area contributed by atoms with Crippen LogP contribution in [0.15, 0.2) is 42.7 Å². The molecule has 2 saturated heterocycles. The number of rotatable bonds is 5. The van der Waals surface area contributed by atoms with Crippen LogP contribution >= 0.6 is 11.6 Å². The van der Waals surface area contributed by atoms with E-state index < -0.39 is 0 Å². The summed E-state index contributed by atoms with van der Waals surface area (Å²) in [6, 6.07) is 9.91. The second-order valence-electron chi connectivity index (χ2n) is 8.11. The van der Waals surface area contributed by atoms with E-state index in [0.717, 1.165) is 67.5 Å². The summed E-state index contributed by atoms with van der Waals surface area (Å²) in [7, 11) is 0. The van der Waals surface area contributed by atoms with Gasteiger partial charge in [0, 0.05) is 42.6 Å². The van der Waals surface area contributed by atoms with Crippen LogP contribution < -0.4 is 10.6 Å². The highest BCUT2D eigenvalue weighted by Crippen LogP contribution is 2.37. The van der Waals surface area contributed by atoms with Crippen molar-refractivity contribution in [3.63, 3.8) is 0 Å². The van der Waals surface area contributed by atoms with E-state index in [4.69, 9.17) is 27.1 Å². The molecule has 4 heterocycles. The first-order chi connectivity index (χ1) is 15.7. The molecule has 2 aliphatic rings. The first kappa shape index (κ1) is 21.1. The molecule has 0 bridgehead atoms. The summed E-state index contributed by atoms with van der Waals surface area (Å²) >= 11 is 6.09. The third kappa shape index (κ3) is 4.53. The average Bonchev–Trinajstić information content (AvgIpc) is 3.28. The predicted molar refractivity (Wildman–Crippen MR) is 124 cm³/mol. The van der Waals surface area contributed by atoms with Crippen LogP contribution in [0.4, 0.5) is 11.9 Å². The largest absolute Gasteiger partial charge is 0.378 e. The molecular formula is C23H26ClN7O. The van der Waals surface area contributed by atoms with Crippen molar-refractivity contribution in [1.82, 2.24) is 24.8 Å². The Morgan fingerprint density at radius 2 is 1.84 bits per heavy atom. The van der Waals surface area contributed by atoms with Gasteiger partial charge in [0.1, 0.15) is 0 Å². The van der Waals surface area contributed by atoms with E-state index in [9.17, 15) is 0 Å². The Hall–Kier alpha value is -2.81. The molecule has 2 N–H and O–H groups in total. The third-order valence-electron chi connectivity index (χ3n) is 6.03. The van der Waals surface area contributed by atoms with Gasteiger partial charge >= 0.3 is 0 Å². The fourth-order valence-corrected chi connectivity index (χ4v) is 4.56. The van der Waals surface area contributed by atoms with Crippen LogP contribution in [0.2, 0.25) is 5.02 Å². The van der Waals surface area contributed by atoms with E-state index in [1.54, 1.807) is 0 Å². The molecule has 1 aromatic carbocycles. The van der Waals surface area contributed by atoms with Gasteiger partial charge in [0.05, 0.1) is 30.6 Å². The number of hydrogen-bond acceptors (Lipinski definition) is 8. The Bertz CT molecular complexity index is 1070. The van der Waals surface area contributed by atoms with Gasteiger partial charge in [-0.2, -0.15) is 0 Å². The van der Waals surface area contributed by atoms with E-state index in [1.807, 2.05) is 42.7 Å². The van der Waals surface area contributed by atoms with Gasteiger partial charge in [-0.3, -0.25) is 4.90 Å². The highest BCUT2D eigenvalue weighted by molar-refractivity contribution is 6.30. The number of anilines is 2. The second kappa shape index (κ2) is 9.36. The highest BCUT2D eigenvalue weighted by atomic mass is 35.5. The molecular weight excluding hydrogens is 426 g/mol. The summed E-state index contributed by atoms with van der Waals surface area (Å²) in [5, 5.41) is 0.703. The van der Waals surface area contributed by atoms with E-state index in [2.05, 4.69) is 24.8 Å². The van der Waals surface area contributed by atoms with Crippen LogP contribution in [0.5, 0.6) is 0 Å². The molecule has 166 valence electrons. The number of hydrogen-bond donors (Lipinski definition) is 1. The number of nitrogens with two attached hydrogens (primary N) is 1. The molecule has 0 radical (unpaired) electrons. The van der Waals surface area contributed by atoms with Gasteiger partial charge < -0.3 is 15.4 Å². The molecule has 8 nitrogen and oxygen atoms in total. The van der Waals surface area contributed by atoms with Crippen LogP contribution in [0.3, 0.4) is 0 Å². The van der Waals surface area contributed by atoms with Crippen molar-refractivity contribution in [2.45, 2.75) is 25.4 Å². The zero-order valence-electron chi connectivity index (χ0n) is 17.8. The van der Waals surface area contributed by atoms with Crippen LogP contribution in [0, 0.1) is 0 Å². The van der Waals surface area contributed by atoms with Crippen molar-refractivity contribution in [2.75, 3.05) is 43.5 Å². The molecule has 5 rings (SSSR count). The molecule has 2 aliphatic heterocycles. The van der Waals surface area contributed by atoms with Gasteiger partial charge in [-0.1, -0.05) is 23.7 Å². The van der Waals surface area contributed by atoms with Crippen molar-refractivity contribution >= 4 is 23.5 Å². The number of aromatic nitrogens is 4. The quantitative estimate of drug-likeness (QED) is 0.631. The zero-order chi connectivity index (χ0) is 21.9. The molecule has 0 unspecified atom stereocenters. The normalized spacial score (nSPS) is 19.4. The summed E-state index contributed by atoms with van der Waals surface area (Å²) in [5.74, 6) is 1.07. The monoisotopic (exact) mass is 451 g/mol. The maximum atomic E-state index is 6.09. The molecule has 0 spiro atoms. The average molecular weight is 452 g/mol. The smallest absolute Gasteiger partial charge is 0.225 e. The van der Waals surface area contributed by atoms with E-state index in [0.29, 0.717) is 24.2 Å². The number of likely N-dealkylation sites (tertiary alicyclic amines) is 1. The predicted octanol–water partition coefficient (Wildman–Crippen LogP) is 3.34. The van der Waals surface area contributed by atoms with E-state index >= 15 is 0 Å². The van der Waals surface area contributed by atoms with Crippen molar-refractivity contribution < 1.29 is 4.74 Å². The van der Waals surface area contributed by atoms with Gasteiger partial charge in [-0.15, -0.1) is 0 Å². The molecule has 9 heteroatoms. The lowest BCUT2D eigenvalue weighted by Gasteiger charge is -2.28. The number of benzene rings is 1. The van der Waals surface area contributed by atoms with Gasteiger partial charge in [-0.25, -0.2) is 19.9 Å². The van der Waals surface area contributed by atoms with Crippen molar-refractivity contribution in [3.05, 3.63) is 59.1 Å². The van der Waals surface area contributed by atoms with Crippen LogP contribution in [0.25, 0.3) is 11.1 Å². The third-order valence-corrected chi connectivity index (χ3v) is 6.28. The van der Waals surface area contributed by atoms with Gasteiger partial charge in [0.25, 0.3) is 0 Å². The fraction of sp³-hybridized carbons (Fsp3) is 0.391. The molecule has 1 atom stereocenters. The summed E-state index contributed by atoms with van der Waals surface area (Å²) < 4.78 is 5.45. The molecule has 0 amide bonds. The number of ether oxygens (including phenoxy) is 1. The second-order valence-corrected chi connectivity index (χ2v) is 8.55. The lowest BCUT2D eigenvalue weighted by atomic mass is 10.00. The molecule has 0 aliphatic carbocycles. The number of nitrogens with zero attached hydrogens (tertiary/aromatic N) is 6. The lowest BCUT2D eigenvalue weighted by Crippen LogP contribution is -2.37. The summed E-state index contributed by atoms with van der Waals surface area (Å²) in [5.41, 5.74) is 9.99. The van der Waals surface area contributed by atoms with Crippen LogP contribution in [-0.2, 0) is 11.3 Å². The summed E-state index contributed by atoms with van der Waals surface area (Å²) in [6.07, 6.45) is 5.77. The van der Waals surface area contributed by atoms with Gasteiger partial charge in [0.15, 0.2) is 0 Å². The lowest BCUT2D eigenvalue weighted by molar-refractivity contribution is 0.122. The van der Waals surface area contributed by atoms with Crippen LogP contribution in [0.1, 0.15) is 30.3 Å². The molecule has 2 fully saturated rings. The van der Waals surface area contributed by atoms with Gasteiger partial charge in [-0.05, 0) is 43.1 Å². The minimum atomic E-state index is 0.146. The molecule has 3 aromatic rings. The summed E-state index contributed by atoms with van der Waals surface area (Å²) in [6.45, 7) is 4.77. The minimum absolute atomic E-state index is 0.146. The Morgan fingerprint density at radius 1 is 1.03 bits per heavy atom. The van der Waals surface area contributed by atoms with Crippen molar-refractivity contribution in [1.29, 1.82) is 0 Å². The number of nitrogen functional groups attached to an aromatic ring is 1. The number of morpholine rings is 1. The maximum Gasteiger partial charge on any atom is 0.225 e. The van der Waals surface area contributed by atoms with E-state index in [-0.39, 0.29) is 6.04 Å². The van der Waals surface area contributed by atoms with E-state index in [1.165, 1.54) is 0 Å². The van der Waals surface area contributed by atoms with Crippen molar-refractivity contribution in [2.24, 2.45) is 0 Å². The molecule has 32 heavy (non-hydrogen) atoms. The van der Waals surface area contributed by atoms with Crippen LogP contribution in [-0.4, -0.2) is 57.7 Å². The first-order valence-electron chi connectivity index (χ1n) is 10.9. The number of halogens is 1. The minimum Gasteiger partial charge on any atom is -0.378 e. The highest BCUT2D eigenvalue weighted by Gasteiger charge is 2.30. The van der Waals surface area contributed by atoms with Gasteiger partial charge in [0.2, 0.25) is 11.9 Å². The fourth-order valence-electron chi connectivity index (χ4n) is 4.44. The Morgan fingerprint density at radius 3 is 2.66 bits per heavy atom. The zero-order valence-corrected chi connectivity index (χ0v) is 18.6. The Labute approximate surface area is 192 Å². The maximum absolute atomic E-state index is 6.09. The molecule has 2 aromatic heterocycles. The Balaban J connectivity index is 1.41. The topological polar surface area (TPSA) is 93.3 Å². The SMILES string of the molecule is Nc1ncc(-c2ccc(Cl)cc2)c([C@@H]2CCCN2Cc2ccnc(N3CCOCC3)n2)n1. The first-order valence-corrected chi connectivity index (χ1v) is 11.3. The summed E-state index contributed by atoms with van der Waals surface area (Å²) in [4.78, 5) is 22.9.